The van der Waals surface area contributed by atoms with E-state index in [1.165, 1.54) is 23.6 Å². The number of hydrogen-bond donors (Lipinski definition) is 0. The number of likely N-dealkylation sites (tertiary alicyclic amines) is 1. The van der Waals surface area contributed by atoms with Gasteiger partial charge in [0.15, 0.2) is 0 Å². The Morgan fingerprint density at radius 3 is 2.04 bits per heavy atom. The van der Waals surface area contributed by atoms with Gasteiger partial charge in [0.25, 0.3) is 5.91 Å². The van der Waals surface area contributed by atoms with Crippen molar-refractivity contribution in [1.82, 2.24) is 9.21 Å². The highest BCUT2D eigenvalue weighted by atomic mass is 32.2. The first kappa shape index (κ1) is 19.4. The summed E-state index contributed by atoms with van der Waals surface area (Å²) in [5.41, 5.74) is 0.575. The van der Waals surface area contributed by atoms with Crippen molar-refractivity contribution < 1.29 is 13.2 Å². The largest absolute Gasteiger partial charge is 0.339 e. The number of carbonyl (C=O) groups is 1. The Morgan fingerprint density at radius 1 is 0.923 bits per heavy atom. The number of amides is 1. The molecule has 1 aliphatic heterocycles. The summed E-state index contributed by atoms with van der Waals surface area (Å²) in [5, 5.41) is 0. The second-order valence-corrected chi connectivity index (χ2v) is 9.54. The molecule has 0 aromatic heterocycles. The second kappa shape index (κ2) is 8.53. The van der Waals surface area contributed by atoms with Crippen LogP contribution >= 0.6 is 0 Å². The van der Waals surface area contributed by atoms with Crippen LogP contribution < -0.4 is 0 Å². The van der Waals surface area contributed by atoms with Crippen molar-refractivity contribution in [2.75, 3.05) is 20.1 Å². The summed E-state index contributed by atoms with van der Waals surface area (Å²) in [5.74, 6) is 0.0106. The Labute approximate surface area is 157 Å². The third-order valence-corrected chi connectivity index (χ3v) is 7.68. The summed E-state index contributed by atoms with van der Waals surface area (Å²) in [6, 6.07) is 6.58. The van der Waals surface area contributed by atoms with Crippen molar-refractivity contribution in [3.8, 4) is 0 Å². The van der Waals surface area contributed by atoms with Gasteiger partial charge in [-0.2, -0.15) is 4.31 Å². The average molecular weight is 379 g/mol. The molecule has 2 fully saturated rings. The van der Waals surface area contributed by atoms with Crippen molar-refractivity contribution >= 4 is 15.9 Å². The first-order valence-corrected chi connectivity index (χ1v) is 11.3. The Balaban J connectivity index is 1.72. The van der Waals surface area contributed by atoms with Gasteiger partial charge < -0.3 is 4.90 Å². The van der Waals surface area contributed by atoms with Gasteiger partial charge >= 0.3 is 0 Å². The molecule has 0 radical (unpaired) electrons. The Morgan fingerprint density at radius 2 is 1.46 bits per heavy atom. The molecule has 0 spiro atoms. The molecule has 0 N–H and O–H groups in total. The number of carbonyl (C=O) groups excluding carboxylic acids is 1. The third kappa shape index (κ3) is 4.29. The highest BCUT2D eigenvalue weighted by Gasteiger charge is 2.29. The van der Waals surface area contributed by atoms with Gasteiger partial charge in [-0.05, 0) is 49.9 Å². The minimum Gasteiger partial charge on any atom is -0.339 e. The standard InChI is InChI=1S/C20H30N2O3S/c1-21(18-9-5-4-6-10-18)26(24,25)19-13-11-17(12-14-19)20(23)22-15-7-2-3-8-16-22/h11-14,18H,2-10,15-16H2,1H3. The molecule has 1 aromatic carbocycles. The van der Waals surface area contributed by atoms with Crippen LogP contribution in [0.4, 0.5) is 0 Å². The van der Waals surface area contributed by atoms with E-state index in [1.54, 1.807) is 31.3 Å². The predicted octanol–water partition coefficient (Wildman–Crippen LogP) is 3.66. The lowest BCUT2D eigenvalue weighted by molar-refractivity contribution is 0.0761. The van der Waals surface area contributed by atoms with Crippen LogP contribution in [-0.2, 0) is 10.0 Å². The van der Waals surface area contributed by atoms with E-state index in [0.29, 0.717) is 5.56 Å². The molecule has 3 rings (SSSR count). The lowest BCUT2D eigenvalue weighted by atomic mass is 9.96. The number of sulfonamides is 1. The number of nitrogens with zero attached hydrogens (tertiary/aromatic N) is 2. The maximum Gasteiger partial charge on any atom is 0.253 e. The van der Waals surface area contributed by atoms with Crippen molar-refractivity contribution in [2.45, 2.75) is 68.7 Å². The van der Waals surface area contributed by atoms with Crippen LogP contribution in [0.2, 0.25) is 0 Å². The van der Waals surface area contributed by atoms with E-state index in [-0.39, 0.29) is 16.8 Å². The zero-order valence-electron chi connectivity index (χ0n) is 15.7. The van der Waals surface area contributed by atoms with Gasteiger partial charge in [0.05, 0.1) is 4.90 Å². The van der Waals surface area contributed by atoms with Gasteiger partial charge in [-0.1, -0.05) is 32.1 Å². The highest BCUT2D eigenvalue weighted by molar-refractivity contribution is 7.89. The first-order valence-electron chi connectivity index (χ1n) is 9.87. The van der Waals surface area contributed by atoms with Crippen LogP contribution in [0.15, 0.2) is 29.2 Å². The van der Waals surface area contributed by atoms with Gasteiger partial charge in [-0.25, -0.2) is 8.42 Å². The minimum absolute atomic E-state index is 0.0106. The predicted molar refractivity (Wildman–Crippen MR) is 103 cm³/mol. The van der Waals surface area contributed by atoms with Gasteiger partial charge in [-0.15, -0.1) is 0 Å². The fourth-order valence-corrected chi connectivity index (χ4v) is 5.45. The molecular formula is C20H30N2O3S. The molecular weight excluding hydrogens is 348 g/mol. The molecule has 144 valence electrons. The summed E-state index contributed by atoms with van der Waals surface area (Å²) >= 11 is 0. The van der Waals surface area contributed by atoms with Crippen LogP contribution in [0.3, 0.4) is 0 Å². The van der Waals surface area contributed by atoms with E-state index in [0.717, 1.165) is 51.6 Å². The maximum atomic E-state index is 12.9. The molecule has 1 saturated carbocycles. The Kier molecular flexibility index (Phi) is 6.35. The molecule has 2 aliphatic rings. The summed E-state index contributed by atoms with van der Waals surface area (Å²) < 4.78 is 27.3. The van der Waals surface area contributed by atoms with Gasteiger partial charge in [0.2, 0.25) is 10.0 Å². The monoisotopic (exact) mass is 378 g/mol. The highest BCUT2D eigenvalue weighted by Crippen LogP contribution is 2.26. The van der Waals surface area contributed by atoms with Gasteiger partial charge in [0.1, 0.15) is 0 Å². The van der Waals surface area contributed by atoms with Crippen LogP contribution in [0.1, 0.15) is 68.1 Å². The zero-order valence-corrected chi connectivity index (χ0v) is 16.5. The van der Waals surface area contributed by atoms with Crippen LogP contribution in [0.25, 0.3) is 0 Å². The first-order chi connectivity index (χ1) is 12.5. The number of rotatable bonds is 4. The smallest absolute Gasteiger partial charge is 0.253 e. The fourth-order valence-electron chi connectivity index (χ4n) is 4.03. The van der Waals surface area contributed by atoms with E-state index < -0.39 is 10.0 Å². The Hall–Kier alpha value is -1.40. The van der Waals surface area contributed by atoms with Crippen molar-refractivity contribution in [1.29, 1.82) is 0 Å². The van der Waals surface area contributed by atoms with E-state index in [1.807, 2.05) is 4.90 Å². The van der Waals surface area contributed by atoms with Crippen LogP contribution in [0, 0.1) is 0 Å². The quantitative estimate of drug-likeness (QED) is 0.803. The molecule has 0 unspecified atom stereocenters. The minimum atomic E-state index is -3.50. The molecule has 0 atom stereocenters. The summed E-state index contributed by atoms with van der Waals surface area (Å²) in [4.78, 5) is 14.8. The molecule has 1 aliphatic carbocycles. The molecule has 0 bridgehead atoms. The van der Waals surface area contributed by atoms with Gasteiger partial charge in [0, 0.05) is 31.7 Å². The van der Waals surface area contributed by atoms with Crippen molar-refractivity contribution in [3.05, 3.63) is 29.8 Å². The molecule has 26 heavy (non-hydrogen) atoms. The second-order valence-electron chi connectivity index (χ2n) is 7.54. The van der Waals surface area contributed by atoms with E-state index in [4.69, 9.17) is 0 Å². The topological polar surface area (TPSA) is 57.7 Å². The van der Waals surface area contributed by atoms with Crippen molar-refractivity contribution in [2.24, 2.45) is 0 Å². The third-order valence-electron chi connectivity index (χ3n) is 5.76. The van der Waals surface area contributed by atoms with E-state index in [9.17, 15) is 13.2 Å². The summed E-state index contributed by atoms with van der Waals surface area (Å²) in [6.45, 7) is 1.59. The molecule has 1 amide bonds. The number of benzene rings is 1. The molecule has 6 heteroatoms. The summed E-state index contributed by atoms with van der Waals surface area (Å²) in [7, 11) is -1.82. The summed E-state index contributed by atoms with van der Waals surface area (Å²) in [6.07, 6.45) is 9.68. The maximum absolute atomic E-state index is 12.9. The fraction of sp³-hybridized carbons (Fsp3) is 0.650. The van der Waals surface area contributed by atoms with Crippen LogP contribution in [0.5, 0.6) is 0 Å². The van der Waals surface area contributed by atoms with E-state index in [2.05, 4.69) is 0 Å². The SMILES string of the molecule is CN(C1CCCCC1)S(=O)(=O)c1ccc(C(=O)N2CCCCCC2)cc1. The zero-order chi connectivity index (χ0) is 18.6. The van der Waals surface area contributed by atoms with E-state index >= 15 is 0 Å². The normalized spacial score (nSPS) is 20.2. The van der Waals surface area contributed by atoms with Crippen LogP contribution in [-0.4, -0.2) is 49.7 Å². The molecule has 5 nitrogen and oxygen atoms in total. The Bertz CT molecular complexity index is 701. The number of hydrogen-bond acceptors (Lipinski definition) is 3. The molecule has 1 saturated heterocycles. The average Bonchev–Trinajstić information content (AvgIpc) is 2.97. The lowest BCUT2D eigenvalue weighted by Crippen LogP contribution is -2.38. The lowest BCUT2D eigenvalue weighted by Gasteiger charge is -2.30. The molecule has 1 aromatic rings. The van der Waals surface area contributed by atoms with Gasteiger partial charge in [-0.3, -0.25) is 4.79 Å². The molecule has 1 heterocycles. The van der Waals surface area contributed by atoms with Crippen molar-refractivity contribution in [3.63, 3.8) is 0 Å².